The number of nitrogens with zero attached hydrogens (tertiary/aromatic N) is 2. The van der Waals surface area contributed by atoms with Gasteiger partial charge in [0, 0.05) is 27.9 Å². The summed E-state index contributed by atoms with van der Waals surface area (Å²) in [4.78, 5) is 10.1. The van der Waals surface area contributed by atoms with Crippen LogP contribution in [-0.4, -0.2) is 10.7 Å². The van der Waals surface area contributed by atoms with Crippen LogP contribution in [0.3, 0.4) is 0 Å². The van der Waals surface area contributed by atoms with Gasteiger partial charge in [-0.3, -0.25) is 4.98 Å². The van der Waals surface area contributed by atoms with E-state index in [0.717, 1.165) is 33.7 Å². The summed E-state index contributed by atoms with van der Waals surface area (Å²) in [5.74, 6) is 0. The maximum absolute atomic E-state index is 5.89. The van der Waals surface area contributed by atoms with Crippen molar-refractivity contribution in [3.63, 3.8) is 0 Å². The molecule has 1 heterocycles. The Labute approximate surface area is 139 Å². The number of hydrogen-bond donors (Lipinski definition) is 0. The van der Waals surface area contributed by atoms with Crippen LogP contribution in [0.15, 0.2) is 72.0 Å². The first kappa shape index (κ1) is 14.0. The molecule has 4 heteroatoms. The minimum absolute atomic E-state index is 0.401. The summed E-state index contributed by atoms with van der Waals surface area (Å²) in [6.45, 7) is 0.401. The van der Waals surface area contributed by atoms with Crippen molar-refractivity contribution >= 4 is 17.3 Å². The highest BCUT2D eigenvalue weighted by Gasteiger charge is 2.25. The van der Waals surface area contributed by atoms with E-state index in [1.807, 2.05) is 54.6 Å². The predicted molar refractivity (Wildman–Crippen MR) is 91.6 cm³/mol. The van der Waals surface area contributed by atoms with Crippen LogP contribution in [0.25, 0.3) is 11.3 Å². The lowest BCUT2D eigenvalue weighted by atomic mass is 10.1. The molecule has 23 heavy (non-hydrogen) atoms. The first-order chi connectivity index (χ1) is 11.3. The van der Waals surface area contributed by atoms with Gasteiger partial charge in [-0.2, -0.15) is 0 Å². The van der Waals surface area contributed by atoms with E-state index in [4.69, 9.17) is 16.4 Å². The van der Waals surface area contributed by atoms with Crippen molar-refractivity contribution in [2.75, 3.05) is 0 Å². The van der Waals surface area contributed by atoms with Gasteiger partial charge >= 0.3 is 0 Å². The maximum Gasteiger partial charge on any atom is 0.142 e. The van der Waals surface area contributed by atoms with Crippen LogP contribution in [0.5, 0.6) is 0 Å². The summed E-state index contributed by atoms with van der Waals surface area (Å²) in [5, 5.41) is 5.08. The van der Waals surface area contributed by atoms with Gasteiger partial charge in [-0.15, -0.1) is 0 Å². The van der Waals surface area contributed by atoms with Gasteiger partial charge < -0.3 is 4.84 Å². The van der Waals surface area contributed by atoms with Crippen LogP contribution in [0.4, 0.5) is 0 Å². The Kier molecular flexibility index (Phi) is 3.56. The lowest BCUT2D eigenvalue weighted by Crippen LogP contribution is -2.00. The molecular formula is C19H13ClN2O. The molecule has 1 aromatic heterocycles. The molecule has 0 radical (unpaired) electrons. The van der Waals surface area contributed by atoms with Crippen LogP contribution in [0, 0.1) is 0 Å². The second kappa shape index (κ2) is 5.86. The Morgan fingerprint density at radius 1 is 0.870 bits per heavy atom. The molecular weight excluding hydrogens is 308 g/mol. The summed E-state index contributed by atoms with van der Waals surface area (Å²) >= 11 is 5.89. The highest BCUT2D eigenvalue weighted by molar-refractivity contribution is 6.30. The van der Waals surface area contributed by atoms with Crippen molar-refractivity contribution in [2.45, 2.75) is 6.61 Å². The van der Waals surface area contributed by atoms with E-state index in [1.165, 1.54) is 0 Å². The largest absolute Gasteiger partial charge is 0.390 e. The van der Waals surface area contributed by atoms with E-state index in [2.05, 4.69) is 16.2 Å². The predicted octanol–water partition coefficient (Wildman–Crippen LogP) is 4.68. The van der Waals surface area contributed by atoms with Crippen molar-refractivity contribution in [3.8, 4) is 11.3 Å². The third-order valence-corrected chi connectivity index (χ3v) is 4.05. The minimum atomic E-state index is 0.401. The minimum Gasteiger partial charge on any atom is -0.390 e. The number of benzene rings is 2. The van der Waals surface area contributed by atoms with Crippen molar-refractivity contribution in [2.24, 2.45) is 5.16 Å². The van der Waals surface area contributed by atoms with Crippen LogP contribution in [0.2, 0.25) is 5.02 Å². The summed E-state index contributed by atoms with van der Waals surface area (Å²) in [6.07, 6.45) is 1.80. The molecule has 112 valence electrons. The molecule has 0 atom stereocenters. The van der Waals surface area contributed by atoms with E-state index in [1.54, 1.807) is 6.20 Å². The molecule has 0 aliphatic heterocycles. The molecule has 0 N–H and O–H groups in total. The van der Waals surface area contributed by atoms with Crippen molar-refractivity contribution < 1.29 is 4.84 Å². The molecule has 0 saturated heterocycles. The van der Waals surface area contributed by atoms with Crippen LogP contribution in [-0.2, 0) is 11.4 Å². The van der Waals surface area contributed by atoms with Gasteiger partial charge in [0.1, 0.15) is 12.3 Å². The Morgan fingerprint density at radius 3 is 2.43 bits per heavy atom. The van der Waals surface area contributed by atoms with Gasteiger partial charge in [0.25, 0.3) is 0 Å². The first-order valence-corrected chi connectivity index (χ1v) is 7.70. The van der Waals surface area contributed by atoms with Crippen LogP contribution in [0.1, 0.15) is 16.7 Å². The monoisotopic (exact) mass is 320 g/mol. The topological polar surface area (TPSA) is 34.5 Å². The normalized spacial score (nSPS) is 13.7. The smallest absolute Gasteiger partial charge is 0.142 e. The Morgan fingerprint density at radius 2 is 1.61 bits per heavy atom. The van der Waals surface area contributed by atoms with Gasteiger partial charge in [0.15, 0.2) is 0 Å². The van der Waals surface area contributed by atoms with E-state index < -0.39 is 0 Å². The number of hydrogen-bond acceptors (Lipinski definition) is 3. The van der Waals surface area contributed by atoms with E-state index >= 15 is 0 Å². The standard InChI is InChI=1S/C19H13ClN2O/c20-14-9-7-13(8-10-14)12-23-22-19-16-5-2-1-4-15(16)18-17(19)6-3-11-21-18/h1-11H,12H2/b22-19-. The Bertz CT molecular complexity index is 840. The number of fused-ring (bicyclic) bond motifs is 3. The molecule has 2 aromatic carbocycles. The van der Waals surface area contributed by atoms with Gasteiger partial charge in [0.05, 0.1) is 5.69 Å². The Balaban J connectivity index is 1.64. The quantitative estimate of drug-likeness (QED) is 0.513. The molecule has 0 amide bonds. The number of rotatable bonds is 3. The van der Waals surface area contributed by atoms with Crippen molar-refractivity contribution in [3.05, 3.63) is 88.6 Å². The molecule has 0 fully saturated rings. The number of aromatic nitrogens is 1. The van der Waals surface area contributed by atoms with Gasteiger partial charge in [-0.1, -0.05) is 53.2 Å². The lowest BCUT2D eigenvalue weighted by molar-refractivity contribution is 0.131. The second-order valence-electron chi connectivity index (χ2n) is 5.28. The van der Waals surface area contributed by atoms with Gasteiger partial charge in [-0.25, -0.2) is 0 Å². The fourth-order valence-corrected chi connectivity index (χ4v) is 2.83. The number of halogens is 1. The zero-order chi connectivity index (χ0) is 15.6. The summed E-state index contributed by atoms with van der Waals surface area (Å²) < 4.78 is 0. The average molecular weight is 321 g/mol. The molecule has 0 unspecified atom stereocenters. The SMILES string of the molecule is Clc1ccc(CO/N=C2/c3ccccc3-c3ncccc32)cc1. The molecule has 0 bridgehead atoms. The third kappa shape index (κ3) is 2.60. The van der Waals surface area contributed by atoms with E-state index in [-0.39, 0.29) is 0 Å². The van der Waals surface area contributed by atoms with Gasteiger partial charge in [-0.05, 0) is 29.8 Å². The fourth-order valence-electron chi connectivity index (χ4n) is 2.70. The first-order valence-electron chi connectivity index (χ1n) is 7.32. The Hall–Kier alpha value is -2.65. The highest BCUT2D eigenvalue weighted by Crippen LogP contribution is 2.34. The molecule has 1 aliphatic rings. The van der Waals surface area contributed by atoms with E-state index in [0.29, 0.717) is 11.6 Å². The molecule has 0 spiro atoms. The molecule has 0 saturated carbocycles. The highest BCUT2D eigenvalue weighted by atomic mass is 35.5. The zero-order valence-corrected chi connectivity index (χ0v) is 13.0. The summed E-state index contributed by atoms with van der Waals surface area (Å²) in [6, 6.07) is 19.6. The average Bonchev–Trinajstić information content (AvgIpc) is 2.91. The summed E-state index contributed by atoms with van der Waals surface area (Å²) in [5.41, 5.74) is 5.96. The number of oxime groups is 1. The second-order valence-corrected chi connectivity index (χ2v) is 5.72. The van der Waals surface area contributed by atoms with Crippen LogP contribution >= 0.6 is 11.6 Å². The molecule has 3 aromatic rings. The maximum atomic E-state index is 5.89. The number of pyridine rings is 1. The fraction of sp³-hybridized carbons (Fsp3) is 0.0526. The zero-order valence-electron chi connectivity index (χ0n) is 12.2. The molecule has 4 rings (SSSR count). The van der Waals surface area contributed by atoms with Crippen molar-refractivity contribution in [1.29, 1.82) is 0 Å². The third-order valence-electron chi connectivity index (χ3n) is 3.80. The van der Waals surface area contributed by atoms with Crippen LogP contribution < -0.4 is 0 Å². The van der Waals surface area contributed by atoms with Crippen molar-refractivity contribution in [1.82, 2.24) is 4.98 Å². The summed E-state index contributed by atoms with van der Waals surface area (Å²) in [7, 11) is 0. The molecule has 1 aliphatic carbocycles. The van der Waals surface area contributed by atoms with Gasteiger partial charge in [0.2, 0.25) is 0 Å². The van der Waals surface area contributed by atoms with E-state index in [9.17, 15) is 0 Å². The lowest BCUT2D eigenvalue weighted by Gasteiger charge is -2.03. The molecule has 3 nitrogen and oxygen atoms in total.